The van der Waals surface area contributed by atoms with Gasteiger partial charge in [0.1, 0.15) is 4.88 Å². The summed E-state index contributed by atoms with van der Waals surface area (Å²) in [6, 6.07) is 0. The molecule has 1 heterocycles. The molecule has 0 spiro atoms. The zero-order valence-electron chi connectivity index (χ0n) is 15.1. The molecule has 9 heteroatoms. The van der Waals surface area contributed by atoms with E-state index >= 15 is 0 Å². The third-order valence-corrected chi connectivity index (χ3v) is 4.77. The molecule has 1 aliphatic rings. The highest BCUT2D eigenvalue weighted by atomic mass is 127. The third kappa shape index (κ3) is 7.87. The molecule has 0 aromatic carbocycles. The summed E-state index contributed by atoms with van der Waals surface area (Å²) in [5.41, 5.74) is 2.46. The minimum atomic E-state index is -0.0754. The number of likely N-dealkylation sites (N-methyl/N-ethyl adjacent to an activating group) is 1. The highest BCUT2D eigenvalue weighted by molar-refractivity contribution is 14.0. The number of guanidine groups is 1. The zero-order chi connectivity index (χ0) is 17.4. The van der Waals surface area contributed by atoms with Crippen LogP contribution in [0.25, 0.3) is 0 Å². The van der Waals surface area contributed by atoms with E-state index in [4.69, 9.17) is 4.74 Å². The first-order valence-electron chi connectivity index (χ1n) is 8.29. The maximum absolute atomic E-state index is 12.0. The Morgan fingerprint density at radius 3 is 2.76 bits per heavy atom. The summed E-state index contributed by atoms with van der Waals surface area (Å²) in [6.45, 7) is 5.35. The lowest BCUT2D eigenvalue weighted by Gasteiger charge is -2.22. The van der Waals surface area contributed by atoms with Gasteiger partial charge in [-0.3, -0.25) is 9.79 Å². The van der Waals surface area contributed by atoms with Gasteiger partial charge in [0, 0.05) is 40.3 Å². The largest absolute Gasteiger partial charge is 0.379 e. The minimum Gasteiger partial charge on any atom is -0.379 e. The van der Waals surface area contributed by atoms with Crippen molar-refractivity contribution < 1.29 is 9.53 Å². The maximum atomic E-state index is 12.0. The van der Waals surface area contributed by atoms with Gasteiger partial charge in [-0.15, -0.1) is 35.3 Å². The molecule has 0 saturated heterocycles. The van der Waals surface area contributed by atoms with E-state index in [0.29, 0.717) is 24.6 Å². The number of hydrogen-bond acceptors (Lipinski definition) is 5. The van der Waals surface area contributed by atoms with E-state index in [-0.39, 0.29) is 29.9 Å². The van der Waals surface area contributed by atoms with Crippen molar-refractivity contribution in [1.29, 1.82) is 0 Å². The first-order chi connectivity index (χ1) is 11.6. The molecule has 0 bridgehead atoms. The van der Waals surface area contributed by atoms with Gasteiger partial charge in [0.15, 0.2) is 5.96 Å². The Morgan fingerprint density at radius 2 is 2.16 bits per heavy atom. The Hall–Kier alpha value is -0.940. The molecule has 2 N–H and O–H groups in total. The summed E-state index contributed by atoms with van der Waals surface area (Å²) in [5.74, 6) is 1.51. The second kappa shape index (κ2) is 11.6. The number of ether oxygens (including phenoxy) is 1. The van der Waals surface area contributed by atoms with Gasteiger partial charge in [-0.05, 0) is 25.7 Å². The molecule has 1 aromatic rings. The highest BCUT2D eigenvalue weighted by Crippen LogP contribution is 2.28. The normalized spacial score (nSPS) is 14.0. The lowest BCUT2D eigenvalue weighted by molar-refractivity contribution is 0.0957. The zero-order valence-corrected chi connectivity index (χ0v) is 18.2. The van der Waals surface area contributed by atoms with Crippen molar-refractivity contribution in [2.24, 2.45) is 10.9 Å². The average molecular weight is 481 g/mol. The standard InChI is InChI=1S/C16H27N5O2S.HI/c1-12-14(24-11-20-12)15(22)18-6-7-19-16(17-2)21(3)8-9-23-10-13-4-5-13;/h11,13H,4-10H2,1-3H3,(H,17,19)(H,18,22);1H. The van der Waals surface area contributed by atoms with Crippen LogP contribution in [0, 0.1) is 12.8 Å². The average Bonchev–Trinajstić information content (AvgIpc) is 3.30. The minimum absolute atomic E-state index is 0. The van der Waals surface area contributed by atoms with E-state index in [2.05, 4.69) is 20.6 Å². The van der Waals surface area contributed by atoms with Crippen LogP contribution in [-0.4, -0.2) is 68.7 Å². The molecule has 1 amide bonds. The summed E-state index contributed by atoms with van der Waals surface area (Å²) >= 11 is 1.36. The topological polar surface area (TPSA) is 78.8 Å². The van der Waals surface area contributed by atoms with Crippen LogP contribution in [0.2, 0.25) is 0 Å². The van der Waals surface area contributed by atoms with Crippen LogP contribution < -0.4 is 10.6 Å². The fraction of sp³-hybridized carbons (Fsp3) is 0.688. The molecule has 0 radical (unpaired) electrons. The number of thiazole rings is 1. The van der Waals surface area contributed by atoms with E-state index in [1.807, 2.05) is 18.9 Å². The van der Waals surface area contributed by atoms with Crippen molar-refractivity contribution in [2.45, 2.75) is 19.8 Å². The van der Waals surface area contributed by atoms with Crippen LogP contribution in [0.1, 0.15) is 28.2 Å². The molecular weight excluding hydrogens is 453 g/mol. The van der Waals surface area contributed by atoms with Crippen molar-refractivity contribution in [3.8, 4) is 0 Å². The van der Waals surface area contributed by atoms with Crippen LogP contribution in [0.4, 0.5) is 0 Å². The van der Waals surface area contributed by atoms with Gasteiger partial charge in [-0.25, -0.2) is 4.98 Å². The molecule has 2 rings (SSSR count). The predicted molar refractivity (Wildman–Crippen MR) is 112 cm³/mol. The lowest BCUT2D eigenvalue weighted by Crippen LogP contribution is -2.43. The molecule has 0 aliphatic heterocycles. The molecule has 25 heavy (non-hydrogen) atoms. The maximum Gasteiger partial charge on any atom is 0.263 e. The van der Waals surface area contributed by atoms with Gasteiger partial charge in [-0.2, -0.15) is 0 Å². The Kier molecular flexibility index (Phi) is 10.3. The van der Waals surface area contributed by atoms with E-state index in [1.54, 1.807) is 12.6 Å². The second-order valence-corrected chi connectivity index (χ2v) is 6.79. The molecule has 1 aliphatic carbocycles. The Morgan fingerprint density at radius 1 is 1.44 bits per heavy atom. The Labute approximate surface area is 170 Å². The van der Waals surface area contributed by atoms with Crippen LogP contribution in [0.5, 0.6) is 0 Å². The van der Waals surface area contributed by atoms with Gasteiger partial charge >= 0.3 is 0 Å². The van der Waals surface area contributed by atoms with Gasteiger partial charge < -0.3 is 20.3 Å². The number of nitrogens with one attached hydrogen (secondary N) is 2. The molecule has 1 saturated carbocycles. The highest BCUT2D eigenvalue weighted by Gasteiger charge is 2.21. The number of halogens is 1. The number of nitrogens with zero attached hydrogens (tertiary/aromatic N) is 3. The van der Waals surface area contributed by atoms with E-state index in [0.717, 1.165) is 30.7 Å². The number of carbonyl (C=O) groups is 1. The van der Waals surface area contributed by atoms with Crippen molar-refractivity contribution >= 4 is 47.2 Å². The lowest BCUT2D eigenvalue weighted by atomic mass is 10.4. The molecule has 1 fully saturated rings. The number of amides is 1. The smallest absolute Gasteiger partial charge is 0.263 e. The van der Waals surface area contributed by atoms with Crippen LogP contribution >= 0.6 is 35.3 Å². The quantitative estimate of drug-likeness (QED) is 0.243. The summed E-state index contributed by atoms with van der Waals surface area (Å²) in [7, 11) is 3.73. The monoisotopic (exact) mass is 481 g/mol. The van der Waals surface area contributed by atoms with Gasteiger partial charge in [0.2, 0.25) is 0 Å². The first-order valence-corrected chi connectivity index (χ1v) is 9.17. The summed E-state index contributed by atoms with van der Waals surface area (Å²) in [6.07, 6.45) is 2.62. The molecule has 0 atom stereocenters. The van der Waals surface area contributed by atoms with Crippen LogP contribution in [0.15, 0.2) is 10.5 Å². The number of aliphatic imine (C=N–C) groups is 1. The van der Waals surface area contributed by atoms with Gasteiger partial charge in [0.25, 0.3) is 5.91 Å². The fourth-order valence-corrected chi connectivity index (χ4v) is 2.90. The van der Waals surface area contributed by atoms with Crippen molar-refractivity contribution in [3.05, 3.63) is 16.1 Å². The van der Waals surface area contributed by atoms with Crippen LogP contribution in [-0.2, 0) is 4.74 Å². The Balaban J connectivity index is 0.00000312. The van der Waals surface area contributed by atoms with Crippen molar-refractivity contribution in [2.75, 3.05) is 46.9 Å². The van der Waals surface area contributed by atoms with E-state index in [9.17, 15) is 4.79 Å². The van der Waals surface area contributed by atoms with Crippen LogP contribution in [0.3, 0.4) is 0 Å². The first kappa shape index (κ1) is 22.1. The number of aryl methyl sites for hydroxylation is 1. The number of carbonyl (C=O) groups excluding carboxylic acids is 1. The van der Waals surface area contributed by atoms with Gasteiger partial charge in [0.05, 0.1) is 17.8 Å². The molecular formula is C16H28IN5O2S. The second-order valence-electron chi connectivity index (χ2n) is 5.94. The third-order valence-electron chi connectivity index (χ3n) is 3.84. The Bertz CT molecular complexity index is 562. The SMILES string of the molecule is CN=C(NCCNC(=O)c1scnc1C)N(C)CCOCC1CC1.I. The number of aromatic nitrogens is 1. The summed E-state index contributed by atoms with van der Waals surface area (Å²) in [4.78, 5) is 23.0. The van der Waals surface area contributed by atoms with E-state index < -0.39 is 0 Å². The molecule has 7 nitrogen and oxygen atoms in total. The van der Waals surface area contributed by atoms with Gasteiger partial charge in [-0.1, -0.05) is 0 Å². The molecule has 0 unspecified atom stereocenters. The van der Waals surface area contributed by atoms with Crippen molar-refractivity contribution in [1.82, 2.24) is 20.5 Å². The molecule has 1 aromatic heterocycles. The number of hydrogen-bond donors (Lipinski definition) is 2. The summed E-state index contributed by atoms with van der Waals surface area (Å²) in [5, 5.41) is 6.13. The fourth-order valence-electron chi connectivity index (χ4n) is 2.18. The van der Waals surface area contributed by atoms with E-state index in [1.165, 1.54) is 24.2 Å². The van der Waals surface area contributed by atoms with Crippen molar-refractivity contribution in [3.63, 3.8) is 0 Å². The molecule has 142 valence electrons. The number of rotatable bonds is 9. The summed E-state index contributed by atoms with van der Waals surface area (Å²) < 4.78 is 5.65. The predicted octanol–water partition coefficient (Wildman–Crippen LogP) is 1.73.